The van der Waals surface area contributed by atoms with E-state index in [-0.39, 0.29) is 22.6 Å². The summed E-state index contributed by atoms with van der Waals surface area (Å²) in [5, 5.41) is 5.22. The van der Waals surface area contributed by atoms with Crippen molar-refractivity contribution in [3.8, 4) is 11.1 Å². The quantitative estimate of drug-likeness (QED) is 0.330. The molecule has 4 aromatic heterocycles. The summed E-state index contributed by atoms with van der Waals surface area (Å²) in [6.07, 6.45) is 7.21. The van der Waals surface area contributed by atoms with Crippen LogP contribution in [-0.4, -0.2) is 19.3 Å². The normalized spacial score (nSPS) is 16.3. The number of aryl methyl sites for hydroxylation is 2. The van der Waals surface area contributed by atoms with Crippen LogP contribution in [0.25, 0.3) is 55.1 Å². The Morgan fingerprint density at radius 2 is 1.82 bits per heavy atom. The lowest BCUT2D eigenvalue weighted by Gasteiger charge is -2.23. The standard InChI is InChI=1S/C30H26N4O4/c35-19-11-12-20-22(15-19)38-27-23(21-14-17-7-4-6-16-8-5-13-33(26(16)17)30(21)37)24-28(31-25(20)27)34(32-29(24)36)18-9-2-1-3-10-18/h4,6-7,11-12,14-15,18,31H,1-3,5,8-10,13H2,(H,32,36). The summed E-state index contributed by atoms with van der Waals surface area (Å²) in [5.41, 5.74) is 4.71. The van der Waals surface area contributed by atoms with Crippen LogP contribution in [0.15, 0.2) is 61.3 Å². The molecule has 0 spiro atoms. The van der Waals surface area contributed by atoms with Crippen molar-refractivity contribution in [2.24, 2.45) is 0 Å². The summed E-state index contributed by atoms with van der Waals surface area (Å²) in [6, 6.07) is 12.9. The zero-order chi connectivity index (χ0) is 25.5. The Kier molecular flexibility index (Phi) is 4.48. The van der Waals surface area contributed by atoms with Crippen LogP contribution in [0, 0.1) is 0 Å². The third kappa shape index (κ3) is 2.94. The molecule has 0 saturated heterocycles. The molecule has 1 aliphatic carbocycles. The number of H-pyrrole nitrogens is 2. The van der Waals surface area contributed by atoms with E-state index in [4.69, 9.17) is 4.42 Å². The lowest BCUT2D eigenvalue weighted by molar-refractivity contribution is 0.335. The Hall–Kier alpha value is -4.33. The lowest BCUT2D eigenvalue weighted by Crippen LogP contribution is -2.26. The van der Waals surface area contributed by atoms with E-state index in [1.807, 2.05) is 27.4 Å². The van der Waals surface area contributed by atoms with Gasteiger partial charge in [0.1, 0.15) is 11.2 Å². The molecule has 1 saturated carbocycles. The number of pyridine rings is 2. The predicted octanol–water partition coefficient (Wildman–Crippen LogP) is 5.35. The first-order valence-electron chi connectivity index (χ1n) is 13.5. The third-order valence-corrected chi connectivity index (χ3v) is 8.54. The number of hydrogen-bond acceptors (Lipinski definition) is 4. The minimum atomic E-state index is -0.254. The van der Waals surface area contributed by atoms with Crippen molar-refractivity contribution in [3.63, 3.8) is 0 Å². The van der Waals surface area contributed by atoms with Crippen LogP contribution in [0.5, 0.6) is 0 Å². The summed E-state index contributed by atoms with van der Waals surface area (Å²) in [7, 11) is 0. The molecule has 0 bridgehead atoms. The number of aromatic nitrogens is 4. The number of aromatic amines is 2. The highest BCUT2D eigenvalue weighted by Crippen LogP contribution is 2.39. The molecule has 190 valence electrons. The number of hydrogen-bond donors (Lipinski definition) is 2. The molecular weight excluding hydrogens is 480 g/mol. The van der Waals surface area contributed by atoms with Crippen molar-refractivity contribution < 1.29 is 4.42 Å². The van der Waals surface area contributed by atoms with Gasteiger partial charge in [-0.2, -0.15) is 0 Å². The monoisotopic (exact) mass is 506 g/mol. The van der Waals surface area contributed by atoms with E-state index >= 15 is 0 Å². The Labute approximate surface area is 215 Å². The molecule has 1 fully saturated rings. The highest BCUT2D eigenvalue weighted by Gasteiger charge is 2.28. The second-order valence-electron chi connectivity index (χ2n) is 10.8. The van der Waals surface area contributed by atoms with Gasteiger partial charge in [-0.1, -0.05) is 37.5 Å². The van der Waals surface area contributed by atoms with E-state index < -0.39 is 0 Å². The Bertz CT molecular complexity index is 2110. The molecular formula is C30H26N4O4. The van der Waals surface area contributed by atoms with E-state index in [0.717, 1.165) is 54.8 Å². The lowest BCUT2D eigenvalue weighted by atomic mass is 9.95. The first kappa shape index (κ1) is 21.7. The zero-order valence-electron chi connectivity index (χ0n) is 20.8. The fourth-order valence-electron chi connectivity index (χ4n) is 6.83. The van der Waals surface area contributed by atoms with Gasteiger partial charge in [-0.05, 0) is 54.8 Å². The Morgan fingerprint density at radius 3 is 2.68 bits per heavy atom. The van der Waals surface area contributed by atoms with Gasteiger partial charge in [0.15, 0.2) is 11.0 Å². The molecule has 0 radical (unpaired) electrons. The Balaban J connectivity index is 1.56. The molecule has 8 rings (SSSR count). The van der Waals surface area contributed by atoms with E-state index in [0.29, 0.717) is 45.4 Å². The van der Waals surface area contributed by atoms with Crippen molar-refractivity contribution in [1.29, 1.82) is 0 Å². The molecule has 2 N–H and O–H groups in total. The SMILES string of the molecule is O=c1ccc2c(c1)oc1c(-c3cc4cccc5c4n(c3=O)CCC5)c3c(=O)[nH]n(C4CCCCC4)c3[nH]c12. The van der Waals surface area contributed by atoms with Crippen LogP contribution >= 0.6 is 0 Å². The van der Waals surface area contributed by atoms with E-state index in [1.165, 1.54) is 24.1 Å². The van der Waals surface area contributed by atoms with Crippen LogP contribution in [0.1, 0.15) is 50.1 Å². The summed E-state index contributed by atoms with van der Waals surface area (Å²) in [6.45, 7) is 0.630. The van der Waals surface area contributed by atoms with E-state index in [9.17, 15) is 14.4 Å². The van der Waals surface area contributed by atoms with Crippen molar-refractivity contribution in [2.75, 3.05) is 0 Å². The maximum Gasteiger partial charge on any atom is 0.274 e. The number of para-hydroxylation sites is 1. The van der Waals surface area contributed by atoms with Crippen LogP contribution in [0.2, 0.25) is 0 Å². The van der Waals surface area contributed by atoms with Gasteiger partial charge in [0.2, 0.25) is 0 Å². The molecule has 2 aliphatic rings. The summed E-state index contributed by atoms with van der Waals surface area (Å²) >= 11 is 0. The molecule has 5 heterocycles. The van der Waals surface area contributed by atoms with E-state index in [2.05, 4.69) is 16.1 Å². The molecule has 0 atom stereocenters. The first-order chi connectivity index (χ1) is 18.6. The highest BCUT2D eigenvalue weighted by atomic mass is 16.3. The van der Waals surface area contributed by atoms with Crippen LogP contribution in [0.3, 0.4) is 0 Å². The molecule has 0 unspecified atom stereocenters. The van der Waals surface area contributed by atoms with Crippen molar-refractivity contribution in [1.82, 2.24) is 19.3 Å². The maximum absolute atomic E-state index is 14.1. The fraction of sp³-hybridized carbons (Fsp3) is 0.300. The van der Waals surface area contributed by atoms with Crippen LogP contribution in [-0.2, 0) is 13.0 Å². The minimum Gasteiger partial charge on any atom is -0.454 e. The third-order valence-electron chi connectivity index (χ3n) is 8.54. The van der Waals surface area contributed by atoms with Crippen LogP contribution < -0.4 is 16.5 Å². The summed E-state index contributed by atoms with van der Waals surface area (Å²) < 4.78 is 10.1. The fourth-order valence-corrected chi connectivity index (χ4v) is 6.83. The van der Waals surface area contributed by atoms with Crippen molar-refractivity contribution >= 4 is 44.0 Å². The van der Waals surface area contributed by atoms with Crippen molar-refractivity contribution in [3.05, 3.63) is 79.0 Å². The second-order valence-corrected chi connectivity index (χ2v) is 10.8. The van der Waals surface area contributed by atoms with Crippen LogP contribution in [0.4, 0.5) is 0 Å². The number of fused-ring (bicyclic) bond motifs is 4. The minimum absolute atomic E-state index is 0.131. The maximum atomic E-state index is 14.1. The molecule has 8 heteroatoms. The van der Waals surface area contributed by atoms with Crippen molar-refractivity contribution in [2.45, 2.75) is 57.5 Å². The largest absolute Gasteiger partial charge is 0.454 e. The first-order valence-corrected chi connectivity index (χ1v) is 13.5. The number of nitrogens with one attached hydrogen (secondary N) is 2. The molecule has 1 aliphatic heterocycles. The van der Waals surface area contributed by atoms with Gasteiger partial charge in [-0.3, -0.25) is 24.2 Å². The van der Waals surface area contributed by atoms with Gasteiger partial charge in [-0.15, -0.1) is 0 Å². The zero-order valence-corrected chi connectivity index (χ0v) is 20.8. The van der Waals surface area contributed by atoms with Gasteiger partial charge in [0.25, 0.3) is 11.1 Å². The predicted molar refractivity (Wildman–Crippen MR) is 148 cm³/mol. The molecule has 0 amide bonds. The van der Waals surface area contributed by atoms with Gasteiger partial charge >= 0.3 is 0 Å². The van der Waals surface area contributed by atoms with Gasteiger partial charge in [-0.25, -0.2) is 0 Å². The number of nitrogens with zero attached hydrogens (tertiary/aromatic N) is 2. The van der Waals surface area contributed by atoms with E-state index in [1.54, 1.807) is 6.07 Å². The molecule has 38 heavy (non-hydrogen) atoms. The highest BCUT2D eigenvalue weighted by molar-refractivity contribution is 6.14. The number of furan rings is 1. The summed E-state index contributed by atoms with van der Waals surface area (Å²) in [5.74, 6) is 0. The topological polar surface area (TPSA) is 106 Å². The van der Waals surface area contributed by atoms with Gasteiger partial charge < -0.3 is 14.0 Å². The number of benzene rings is 2. The average Bonchev–Trinajstić information content (AvgIpc) is 3.47. The van der Waals surface area contributed by atoms with Gasteiger partial charge in [0, 0.05) is 23.6 Å². The molecule has 8 nitrogen and oxygen atoms in total. The van der Waals surface area contributed by atoms with Gasteiger partial charge in [0.05, 0.1) is 28.0 Å². The number of rotatable bonds is 2. The second kappa shape index (κ2) is 7.84. The average molecular weight is 507 g/mol. The Morgan fingerprint density at radius 1 is 0.947 bits per heavy atom. The molecule has 6 aromatic rings. The smallest absolute Gasteiger partial charge is 0.274 e. The molecule has 2 aromatic carbocycles. The summed E-state index contributed by atoms with van der Waals surface area (Å²) in [4.78, 5) is 43.4.